The van der Waals surface area contributed by atoms with Gasteiger partial charge in [0.15, 0.2) is 0 Å². The lowest BCUT2D eigenvalue weighted by Crippen LogP contribution is -2.30. The summed E-state index contributed by atoms with van der Waals surface area (Å²) in [5.74, 6) is 5.24. The van der Waals surface area contributed by atoms with Gasteiger partial charge in [-0.3, -0.25) is 10.2 Å². The number of nitrogen functional groups attached to an aromatic ring is 1. The summed E-state index contributed by atoms with van der Waals surface area (Å²) in [6, 6.07) is 6.92. The summed E-state index contributed by atoms with van der Waals surface area (Å²) in [6.07, 6.45) is 0.801. The summed E-state index contributed by atoms with van der Waals surface area (Å²) in [7, 11) is 1.68. The summed E-state index contributed by atoms with van der Waals surface area (Å²) in [5, 5.41) is 0. The molecule has 0 heterocycles. The van der Waals surface area contributed by atoms with Gasteiger partial charge in [0.1, 0.15) is 12.4 Å². The van der Waals surface area contributed by atoms with Crippen molar-refractivity contribution in [2.24, 2.45) is 5.84 Å². The van der Waals surface area contributed by atoms with E-state index >= 15 is 0 Å². The van der Waals surface area contributed by atoms with Crippen LogP contribution in [0.5, 0.6) is 5.75 Å². The Labute approximate surface area is 125 Å². The highest BCUT2D eigenvalue weighted by Crippen LogP contribution is 2.17. The molecule has 1 aromatic carbocycles. The highest BCUT2D eigenvalue weighted by atomic mass is 16.5. The smallest absolute Gasteiger partial charge is 0.268 e. The molecular formula is C15H24N2O4. The summed E-state index contributed by atoms with van der Waals surface area (Å²) < 4.78 is 16.3. The van der Waals surface area contributed by atoms with E-state index in [1.54, 1.807) is 31.4 Å². The molecule has 0 aromatic heterocycles. The zero-order valence-corrected chi connectivity index (χ0v) is 12.8. The van der Waals surface area contributed by atoms with Gasteiger partial charge in [-0.25, -0.2) is 5.84 Å². The Morgan fingerprint density at radius 3 is 2.62 bits per heavy atom. The van der Waals surface area contributed by atoms with Gasteiger partial charge in [-0.15, -0.1) is 0 Å². The number of amides is 1. The van der Waals surface area contributed by atoms with E-state index in [0.29, 0.717) is 31.1 Å². The molecule has 0 radical (unpaired) electrons. The molecule has 1 amide bonds. The predicted molar refractivity (Wildman–Crippen MR) is 80.1 cm³/mol. The molecule has 3 N–H and O–H groups in total. The Bertz CT molecular complexity index is 449. The molecule has 0 spiro atoms. The minimum atomic E-state index is -0.381. The van der Waals surface area contributed by atoms with E-state index in [4.69, 9.17) is 20.1 Å². The number of hydrogen-bond acceptors (Lipinski definition) is 5. The number of para-hydroxylation sites is 1. The number of hydrazine groups is 1. The fourth-order valence-electron chi connectivity index (χ4n) is 1.59. The lowest BCUT2D eigenvalue weighted by atomic mass is 10.1. The van der Waals surface area contributed by atoms with E-state index in [9.17, 15) is 4.79 Å². The number of carbonyl (C=O) groups excluding carboxylic acids is 1. The maximum absolute atomic E-state index is 11.6. The molecule has 6 nitrogen and oxygen atoms in total. The van der Waals surface area contributed by atoms with E-state index in [2.05, 4.69) is 5.43 Å². The number of rotatable bonds is 9. The van der Waals surface area contributed by atoms with Crippen LogP contribution in [0, 0.1) is 0 Å². The summed E-state index contributed by atoms with van der Waals surface area (Å²) in [5.41, 5.74) is 2.31. The van der Waals surface area contributed by atoms with Crippen LogP contribution in [-0.2, 0) is 9.47 Å². The average molecular weight is 296 g/mol. The number of methoxy groups -OCH3 is 1. The fraction of sp³-hybridized carbons (Fsp3) is 0.533. The van der Waals surface area contributed by atoms with E-state index in [0.717, 1.165) is 6.42 Å². The number of nitrogens with two attached hydrogens (primary N) is 1. The fourth-order valence-corrected chi connectivity index (χ4v) is 1.59. The lowest BCUT2D eigenvalue weighted by molar-refractivity contribution is -0.0128. The number of ether oxygens (including phenoxy) is 3. The maximum atomic E-state index is 11.6. The van der Waals surface area contributed by atoms with Crippen molar-refractivity contribution in [3.63, 3.8) is 0 Å². The monoisotopic (exact) mass is 296 g/mol. The molecule has 0 aliphatic rings. The molecule has 0 aliphatic heterocycles. The van der Waals surface area contributed by atoms with Crippen LogP contribution in [0.15, 0.2) is 24.3 Å². The van der Waals surface area contributed by atoms with Crippen molar-refractivity contribution < 1.29 is 19.0 Å². The van der Waals surface area contributed by atoms with Crippen molar-refractivity contribution in [1.29, 1.82) is 0 Å². The molecule has 118 valence electrons. The van der Waals surface area contributed by atoms with Gasteiger partial charge in [0.25, 0.3) is 5.91 Å². The van der Waals surface area contributed by atoms with Crippen molar-refractivity contribution in [1.82, 2.24) is 5.43 Å². The van der Waals surface area contributed by atoms with Crippen LogP contribution >= 0.6 is 0 Å². The number of hydrogen-bond donors (Lipinski definition) is 2. The van der Waals surface area contributed by atoms with Crippen molar-refractivity contribution in [2.75, 3.05) is 26.9 Å². The summed E-state index contributed by atoms with van der Waals surface area (Å²) >= 11 is 0. The summed E-state index contributed by atoms with van der Waals surface area (Å²) in [4.78, 5) is 11.6. The number of carbonyl (C=O) groups is 1. The molecule has 0 unspecified atom stereocenters. The second-order valence-corrected chi connectivity index (χ2v) is 5.14. The Morgan fingerprint density at radius 1 is 1.24 bits per heavy atom. The second kappa shape index (κ2) is 8.61. The lowest BCUT2D eigenvalue weighted by Gasteiger charge is -2.22. The second-order valence-electron chi connectivity index (χ2n) is 5.14. The molecule has 0 fully saturated rings. The van der Waals surface area contributed by atoms with Crippen LogP contribution in [0.1, 0.15) is 30.6 Å². The molecule has 6 heteroatoms. The van der Waals surface area contributed by atoms with E-state index in [-0.39, 0.29) is 11.5 Å². The topological polar surface area (TPSA) is 82.8 Å². The number of benzene rings is 1. The van der Waals surface area contributed by atoms with Crippen molar-refractivity contribution >= 4 is 5.91 Å². The predicted octanol–water partition coefficient (Wildman–Crippen LogP) is 1.50. The molecule has 0 saturated carbocycles. The first kappa shape index (κ1) is 17.4. The van der Waals surface area contributed by atoms with Crippen molar-refractivity contribution in [3.8, 4) is 5.75 Å². The standard InChI is InChI=1S/C15H24N2O4/c1-15(2,19-3)8-9-20-10-11-21-13-7-5-4-6-12(13)14(18)17-16/h4-7H,8-11,16H2,1-3H3,(H,17,18). The first-order valence-electron chi connectivity index (χ1n) is 6.86. The zero-order valence-electron chi connectivity index (χ0n) is 12.8. The van der Waals surface area contributed by atoms with Crippen LogP contribution in [0.3, 0.4) is 0 Å². The van der Waals surface area contributed by atoms with Crippen molar-refractivity contribution in [3.05, 3.63) is 29.8 Å². The quantitative estimate of drug-likeness (QED) is 0.312. The third-order valence-electron chi connectivity index (χ3n) is 3.15. The molecular weight excluding hydrogens is 272 g/mol. The molecule has 0 atom stereocenters. The van der Waals surface area contributed by atoms with Gasteiger partial charge in [0, 0.05) is 13.7 Å². The molecule has 0 saturated heterocycles. The molecule has 1 rings (SSSR count). The third kappa shape index (κ3) is 6.12. The molecule has 21 heavy (non-hydrogen) atoms. The normalized spacial score (nSPS) is 11.2. The van der Waals surface area contributed by atoms with E-state index in [1.165, 1.54) is 0 Å². The van der Waals surface area contributed by atoms with Gasteiger partial charge in [-0.05, 0) is 32.4 Å². The Hall–Kier alpha value is -1.63. The maximum Gasteiger partial charge on any atom is 0.268 e. The van der Waals surface area contributed by atoms with E-state index in [1.807, 2.05) is 13.8 Å². The van der Waals surface area contributed by atoms with Crippen molar-refractivity contribution in [2.45, 2.75) is 25.9 Å². The first-order chi connectivity index (χ1) is 10.00. The minimum Gasteiger partial charge on any atom is -0.490 e. The van der Waals surface area contributed by atoms with Gasteiger partial charge < -0.3 is 14.2 Å². The highest BCUT2D eigenvalue weighted by molar-refractivity contribution is 5.96. The van der Waals surface area contributed by atoms with Crippen LogP contribution in [0.4, 0.5) is 0 Å². The highest BCUT2D eigenvalue weighted by Gasteiger charge is 2.15. The molecule has 0 bridgehead atoms. The van der Waals surface area contributed by atoms with Gasteiger partial charge in [-0.1, -0.05) is 12.1 Å². The van der Waals surface area contributed by atoms with Crippen LogP contribution in [-0.4, -0.2) is 38.4 Å². The molecule has 1 aromatic rings. The van der Waals surface area contributed by atoms with Gasteiger partial charge in [-0.2, -0.15) is 0 Å². The molecule has 0 aliphatic carbocycles. The van der Waals surface area contributed by atoms with Gasteiger partial charge in [0.05, 0.1) is 17.8 Å². The zero-order chi connectivity index (χ0) is 15.7. The van der Waals surface area contributed by atoms with Gasteiger partial charge in [0.2, 0.25) is 0 Å². The van der Waals surface area contributed by atoms with Crippen LogP contribution < -0.4 is 16.0 Å². The summed E-state index contributed by atoms with van der Waals surface area (Å²) in [6.45, 7) is 5.42. The largest absolute Gasteiger partial charge is 0.490 e. The first-order valence-corrected chi connectivity index (χ1v) is 6.86. The van der Waals surface area contributed by atoms with E-state index < -0.39 is 0 Å². The minimum absolute atomic E-state index is 0.188. The van der Waals surface area contributed by atoms with Crippen LogP contribution in [0.2, 0.25) is 0 Å². The third-order valence-corrected chi connectivity index (χ3v) is 3.15. The Balaban J connectivity index is 2.32. The van der Waals surface area contributed by atoms with Gasteiger partial charge >= 0.3 is 0 Å². The Morgan fingerprint density at radius 2 is 1.95 bits per heavy atom. The van der Waals surface area contributed by atoms with Crippen LogP contribution in [0.25, 0.3) is 0 Å². The average Bonchev–Trinajstić information content (AvgIpc) is 2.50. The SMILES string of the molecule is COC(C)(C)CCOCCOc1ccccc1C(=O)NN. The Kier molecular flexibility index (Phi) is 7.14. The number of nitrogens with one attached hydrogen (secondary N) is 1.